The fourth-order valence-electron chi connectivity index (χ4n) is 2.45. The van der Waals surface area contributed by atoms with E-state index in [2.05, 4.69) is 10.1 Å². The second-order valence-electron chi connectivity index (χ2n) is 5.74. The first kappa shape index (κ1) is 17.6. The zero-order valence-corrected chi connectivity index (χ0v) is 14.7. The van der Waals surface area contributed by atoms with Gasteiger partial charge in [-0.25, -0.2) is 14.2 Å². The summed E-state index contributed by atoms with van der Waals surface area (Å²) in [7, 11) is 1.31. The van der Waals surface area contributed by atoms with Gasteiger partial charge in [-0.3, -0.25) is 0 Å². The molecule has 0 aliphatic rings. The number of esters is 1. The zero-order chi connectivity index (χ0) is 18.7. The van der Waals surface area contributed by atoms with Gasteiger partial charge in [0.15, 0.2) is 5.82 Å². The Balaban J connectivity index is 1.84. The van der Waals surface area contributed by atoms with E-state index in [1.165, 1.54) is 18.0 Å². The number of carbonyl (C=O) groups excluding carboxylic acids is 1. The van der Waals surface area contributed by atoms with Crippen molar-refractivity contribution in [3.8, 4) is 11.7 Å². The van der Waals surface area contributed by atoms with Crippen LogP contribution >= 0.6 is 0 Å². The highest BCUT2D eigenvalue weighted by Crippen LogP contribution is 2.21. The predicted molar refractivity (Wildman–Crippen MR) is 92.9 cm³/mol. The number of hydrogen-bond donors (Lipinski definition) is 0. The number of hydrogen-bond acceptors (Lipinski definition) is 5. The van der Waals surface area contributed by atoms with Gasteiger partial charge in [0.05, 0.1) is 18.9 Å². The summed E-state index contributed by atoms with van der Waals surface area (Å²) in [6.07, 6.45) is 3.02. The molecule has 0 unspecified atom stereocenters. The minimum atomic E-state index is -0.472. The van der Waals surface area contributed by atoms with Crippen molar-refractivity contribution < 1.29 is 18.7 Å². The monoisotopic (exact) mass is 355 g/mol. The summed E-state index contributed by atoms with van der Waals surface area (Å²) in [6, 6.07) is 8.29. The van der Waals surface area contributed by atoms with E-state index in [0.29, 0.717) is 28.4 Å². The molecule has 0 spiro atoms. The lowest BCUT2D eigenvalue weighted by molar-refractivity contribution is 0.0600. The largest absolute Gasteiger partial charge is 0.473 e. The van der Waals surface area contributed by atoms with E-state index >= 15 is 0 Å². The minimum absolute atomic E-state index is 0.0509. The molecule has 6 nitrogen and oxygen atoms in total. The molecule has 0 saturated carbocycles. The number of nitrogens with zero attached hydrogens (tertiary/aromatic N) is 3. The number of pyridine rings is 1. The van der Waals surface area contributed by atoms with Crippen LogP contribution in [0, 0.1) is 19.7 Å². The smallest absolute Gasteiger partial charge is 0.338 e. The van der Waals surface area contributed by atoms with Crippen LogP contribution in [0.25, 0.3) is 5.82 Å². The Bertz CT molecular complexity index is 953. The van der Waals surface area contributed by atoms with E-state index in [9.17, 15) is 9.18 Å². The quantitative estimate of drug-likeness (QED) is 0.657. The van der Waals surface area contributed by atoms with E-state index in [1.54, 1.807) is 37.4 Å². The van der Waals surface area contributed by atoms with Crippen molar-refractivity contribution in [1.82, 2.24) is 14.8 Å². The maximum Gasteiger partial charge on any atom is 0.338 e. The van der Waals surface area contributed by atoms with Crippen molar-refractivity contribution in [3.63, 3.8) is 0 Å². The number of carbonyl (C=O) groups is 1. The average molecular weight is 355 g/mol. The molecule has 1 aromatic carbocycles. The molecule has 2 heterocycles. The summed E-state index contributed by atoms with van der Waals surface area (Å²) in [5.74, 6) is 0.0351. The first-order valence-corrected chi connectivity index (χ1v) is 7.97. The number of benzene rings is 1. The third-order valence-electron chi connectivity index (χ3n) is 4.10. The Kier molecular flexibility index (Phi) is 4.97. The molecular formula is C19H18FN3O3. The second-order valence-corrected chi connectivity index (χ2v) is 5.74. The predicted octanol–water partition coefficient (Wildman–Crippen LogP) is 3.39. The van der Waals surface area contributed by atoms with Gasteiger partial charge in [0.25, 0.3) is 0 Å². The van der Waals surface area contributed by atoms with Crippen LogP contribution in [0.1, 0.15) is 27.0 Å². The summed E-state index contributed by atoms with van der Waals surface area (Å²) >= 11 is 0. The number of rotatable bonds is 5. The van der Waals surface area contributed by atoms with Crippen molar-refractivity contribution in [1.29, 1.82) is 0 Å². The van der Waals surface area contributed by atoms with E-state index in [4.69, 9.17) is 9.47 Å². The van der Waals surface area contributed by atoms with Crippen LogP contribution in [0.4, 0.5) is 4.39 Å². The molecule has 134 valence electrons. The minimum Gasteiger partial charge on any atom is -0.473 e. The lowest BCUT2D eigenvalue weighted by Gasteiger charge is -2.11. The SMILES string of the molecule is COC(=O)c1ccnc(-n2nccc2OCc2ccc(C)c(C)c2F)c1. The average Bonchev–Trinajstić information content (AvgIpc) is 3.13. The van der Waals surface area contributed by atoms with Gasteiger partial charge in [-0.2, -0.15) is 9.78 Å². The van der Waals surface area contributed by atoms with Crippen LogP contribution < -0.4 is 4.74 Å². The molecule has 0 aliphatic carbocycles. The molecule has 0 N–H and O–H groups in total. The Morgan fingerprint density at radius 2 is 2.00 bits per heavy atom. The van der Waals surface area contributed by atoms with Crippen molar-refractivity contribution in [2.75, 3.05) is 7.11 Å². The fraction of sp³-hybridized carbons (Fsp3) is 0.211. The number of halogens is 1. The van der Waals surface area contributed by atoms with Crippen molar-refractivity contribution in [2.45, 2.75) is 20.5 Å². The number of methoxy groups -OCH3 is 1. The van der Waals surface area contributed by atoms with Crippen LogP contribution in [0.2, 0.25) is 0 Å². The van der Waals surface area contributed by atoms with E-state index in [0.717, 1.165) is 5.56 Å². The number of aromatic nitrogens is 3. The summed E-state index contributed by atoms with van der Waals surface area (Å²) in [6.45, 7) is 3.65. The van der Waals surface area contributed by atoms with Gasteiger partial charge in [0.2, 0.25) is 5.88 Å². The lowest BCUT2D eigenvalue weighted by atomic mass is 10.1. The van der Waals surface area contributed by atoms with Crippen LogP contribution in [0.5, 0.6) is 5.88 Å². The molecule has 26 heavy (non-hydrogen) atoms. The highest BCUT2D eigenvalue weighted by molar-refractivity contribution is 5.89. The summed E-state index contributed by atoms with van der Waals surface area (Å²) < 4.78 is 26.2. The molecule has 0 aliphatic heterocycles. The molecule has 2 aromatic heterocycles. The maximum atomic E-state index is 14.3. The number of ether oxygens (including phenoxy) is 2. The standard InChI is InChI=1S/C19H18FN3O3/c1-12-4-5-15(18(20)13(12)2)11-26-17-7-9-22-23(17)16-10-14(6-8-21-16)19(24)25-3/h4-10H,11H2,1-3H3. The van der Waals surface area contributed by atoms with Crippen molar-refractivity contribution in [3.05, 3.63) is 70.8 Å². The number of aryl methyl sites for hydroxylation is 1. The zero-order valence-electron chi connectivity index (χ0n) is 14.7. The van der Waals surface area contributed by atoms with Gasteiger partial charge in [0, 0.05) is 17.8 Å². The topological polar surface area (TPSA) is 66.2 Å². The molecule has 0 fully saturated rings. The van der Waals surface area contributed by atoms with Gasteiger partial charge in [-0.1, -0.05) is 12.1 Å². The molecule has 0 saturated heterocycles. The Morgan fingerprint density at radius 1 is 1.19 bits per heavy atom. The van der Waals surface area contributed by atoms with Gasteiger partial charge in [-0.15, -0.1) is 0 Å². The molecule has 0 radical (unpaired) electrons. The molecular weight excluding hydrogens is 337 g/mol. The van der Waals surface area contributed by atoms with Crippen LogP contribution in [-0.4, -0.2) is 27.8 Å². The first-order chi connectivity index (χ1) is 12.5. The van der Waals surface area contributed by atoms with E-state index in [1.807, 2.05) is 13.0 Å². The van der Waals surface area contributed by atoms with Gasteiger partial charge in [-0.05, 0) is 37.1 Å². The maximum absolute atomic E-state index is 14.3. The Morgan fingerprint density at radius 3 is 2.77 bits per heavy atom. The summed E-state index contributed by atoms with van der Waals surface area (Å²) in [4.78, 5) is 15.9. The molecule has 0 amide bonds. The lowest BCUT2D eigenvalue weighted by Crippen LogP contribution is -2.08. The molecule has 0 bridgehead atoms. The molecule has 0 atom stereocenters. The van der Waals surface area contributed by atoms with Crippen molar-refractivity contribution >= 4 is 5.97 Å². The second kappa shape index (κ2) is 7.35. The molecule has 7 heteroatoms. The van der Waals surface area contributed by atoms with Gasteiger partial charge >= 0.3 is 5.97 Å². The van der Waals surface area contributed by atoms with Gasteiger partial charge < -0.3 is 9.47 Å². The van der Waals surface area contributed by atoms with Gasteiger partial charge in [0.1, 0.15) is 12.4 Å². The highest BCUT2D eigenvalue weighted by atomic mass is 19.1. The first-order valence-electron chi connectivity index (χ1n) is 7.97. The van der Waals surface area contributed by atoms with Crippen LogP contribution in [0.3, 0.4) is 0 Å². The third-order valence-corrected chi connectivity index (χ3v) is 4.10. The summed E-state index contributed by atoms with van der Waals surface area (Å²) in [5.41, 5.74) is 2.29. The highest BCUT2D eigenvalue weighted by Gasteiger charge is 2.13. The normalized spacial score (nSPS) is 10.6. The molecule has 3 aromatic rings. The molecule has 3 rings (SSSR count). The van der Waals surface area contributed by atoms with Crippen molar-refractivity contribution in [2.24, 2.45) is 0 Å². The summed E-state index contributed by atoms with van der Waals surface area (Å²) in [5, 5.41) is 4.16. The van der Waals surface area contributed by atoms with Crippen LogP contribution in [-0.2, 0) is 11.3 Å². The fourth-order valence-corrected chi connectivity index (χ4v) is 2.45. The van der Waals surface area contributed by atoms with E-state index < -0.39 is 5.97 Å². The third kappa shape index (κ3) is 3.42. The van der Waals surface area contributed by atoms with E-state index in [-0.39, 0.29) is 12.4 Å². The Hall–Kier alpha value is -3.22. The Labute approximate surface area is 150 Å². The van der Waals surface area contributed by atoms with Crippen LogP contribution in [0.15, 0.2) is 42.7 Å².